The number of benzene rings is 3. The molecule has 0 fully saturated rings. The summed E-state index contributed by atoms with van der Waals surface area (Å²) in [7, 11) is -3.49. The summed E-state index contributed by atoms with van der Waals surface area (Å²) in [6, 6.07) is 26.3. The summed E-state index contributed by atoms with van der Waals surface area (Å²) in [6.45, 7) is 29.5. The van der Waals surface area contributed by atoms with Crippen LogP contribution in [0.4, 0.5) is 0 Å². The van der Waals surface area contributed by atoms with Crippen molar-refractivity contribution >= 4 is 49.0 Å². The normalized spacial score (nSPS) is 13.0. The van der Waals surface area contributed by atoms with E-state index in [0.717, 1.165) is 0 Å². The molecule has 0 atom stereocenters. The third kappa shape index (κ3) is 5.79. The molecule has 3 aromatic carbocycles. The summed E-state index contributed by atoms with van der Waals surface area (Å²) < 4.78 is 0. The summed E-state index contributed by atoms with van der Waals surface area (Å²) in [5, 5.41) is 7.99. The monoisotopic (exact) mass is 552 g/mol. The molecule has 3 rings (SSSR count). The molecule has 200 valence electrons. The third-order valence-corrected chi connectivity index (χ3v) is 23.4. The number of rotatable bonds is 9. The average molecular weight is 553 g/mol. The van der Waals surface area contributed by atoms with Gasteiger partial charge in [0.25, 0.3) is 0 Å². The topological polar surface area (TPSA) is 0 Å². The van der Waals surface area contributed by atoms with Crippen molar-refractivity contribution < 1.29 is 0 Å². The van der Waals surface area contributed by atoms with Crippen molar-refractivity contribution in [2.45, 2.75) is 91.9 Å². The Morgan fingerprint density at radius 1 is 0.514 bits per heavy atom. The molecule has 3 aromatic rings. The average Bonchev–Trinajstić information content (AvgIpc) is 2.83. The smallest absolute Gasteiger partial charge is 0.0622 e. The zero-order valence-electron chi connectivity index (χ0n) is 25.5. The predicted octanol–water partition coefficient (Wildman–Crippen LogP) is 8.24. The van der Waals surface area contributed by atoms with Gasteiger partial charge in [-0.25, -0.2) is 0 Å². The van der Waals surface area contributed by atoms with E-state index in [1.165, 1.54) is 16.4 Å². The Hall–Kier alpha value is -1.05. The summed E-state index contributed by atoms with van der Waals surface area (Å²) in [5.41, 5.74) is 5.37. The minimum atomic E-state index is -1.40. The Morgan fingerprint density at radius 2 is 0.865 bits per heavy atom. The fourth-order valence-electron chi connectivity index (χ4n) is 5.73. The number of aryl methyl sites for hydroxylation is 2. The number of hydrogen-bond acceptors (Lipinski definition) is 0. The van der Waals surface area contributed by atoms with Crippen LogP contribution in [0.1, 0.15) is 66.5 Å². The lowest BCUT2D eigenvalue weighted by atomic mass is 10.2. The molecule has 0 aliphatic heterocycles. The predicted molar refractivity (Wildman–Crippen MR) is 180 cm³/mol. The van der Waals surface area contributed by atoms with Gasteiger partial charge < -0.3 is 0 Å². The van der Waals surface area contributed by atoms with Crippen molar-refractivity contribution in [1.29, 1.82) is 0 Å². The Balaban J connectivity index is 2.50. The molecule has 0 aliphatic rings. The molecule has 0 saturated carbocycles. The van der Waals surface area contributed by atoms with Crippen molar-refractivity contribution in [3.05, 3.63) is 77.9 Å². The van der Waals surface area contributed by atoms with Crippen molar-refractivity contribution in [2.24, 2.45) is 0 Å². The van der Waals surface area contributed by atoms with E-state index in [4.69, 9.17) is 0 Å². The Bertz CT molecular complexity index is 1100. The first-order valence-electron chi connectivity index (χ1n) is 14.1. The van der Waals surface area contributed by atoms with Gasteiger partial charge in [-0.1, -0.05) is 53.6 Å². The fraction of sp³-hybridized carbons (Fsp3) is 0.471. The van der Waals surface area contributed by atoms with Gasteiger partial charge in [0, 0.05) is 25.1 Å². The number of hydrogen-bond donors (Lipinski definition) is 0. The van der Waals surface area contributed by atoms with E-state index in [1.807, 2.05) is 0 Å². The van der Waals surface area contributed by atoms with E-state index in [1.54, 1.807) is 21.2 Å². The van der Waals surface area contributed by atoms with E-state index >= 15 is 0 Å². The molecule has 0 bridgehead atoms. The first-order chi connectivity index (χ1) is 17.3. The Labute approximate surface area is 231 Å². The molecule has 0 nitrogen and oxygen atoms in total. The van der Waals surface area contributed by atoms with Crippen molar-refractivity contribution in [2.75, 3.05) is 13.3 Å². The maximum absolute atomic E-state index is 2.62. The molecular formula is C34H51P3+2. The van der Waals surface area contributed by atoms with Gasteiger partial charge in [0.1, 0.15) is 10.6 Å². The van der Waals surface area contributed by atoms with Gasteiger partial charge in [0.2, 0.25) is 0 Å². The highest BCUT2D eigenvalue weighted by Crippen LogP contribution is 2.64. The Kier molecular flexibility index (Phi) is 9.89. The van der Waals surface area contributed by atoms with Crippen molar-refractivity contribution in [3.8, 4) is 0 Å². The van der Waals surface area contributed by atoms with E-state index in [9.17, 15) is 0 Å². The maximum Gasteiger partial charge on any atom is 0.102 e. The van der Waals surface area contributed by atoms with Crippen LogP contribution in [0.15, 0.2) is 66.7 Å². The highest BCUT2D eigenvalue weighted by Gasteiger charge is 2.47. The summed E-state index contributed by atoms with van der Waals surface area (Å²) in [6.07, 6.45) is 0. The first kappa shape index (κ1) is 30.5. The van der Waals surface area contributed by atoms with Crippen LogP contribution >= 0.6 is 22.4 Å². The lowest BCUT2D eigenvalue weighted by Crippen LogP contribution is -2.42. The van der Waals surface area contributed by atoms with Crippen LogP contribution in [0, 0.1) is 13.8 Å². The standard InChI is InChI=1S/C34H51P3/c1-24(2)36(11,25(3)4)33-20-18-28(9)22-31(33)35(30-16-14-13-15-17-30)32-23-29(10)19-21-34(32)37(12,26(5)6)27(7)8/h13-27H,1-12H3/q+2. The van der Waals surface area contributed by atoms with E-state index in [2.05, 4.69) is 149 Å². The van der Waals surface area contributed by atoms with Crippen LogP contribution in [0.5, 0.6) is 0 Å². The first-order valence-corrected chi connectivity index (χ1v) is 20.1. The van der Waals surface area contributed by atoms with Crippen LogP contribution in [-0.2, 0) is 0 Å². The molecule has 0 N–H and O–H groups in total. The second-order valence-electron chi connectivity index (χ2n) is 12.3. The Morgan fingerprint density at radius 3 is 1.19 bits per heavy atom. The molecule has 0 aromatic heterocycles. The van der Waals surface area contributed by atoms with Crippen LogP contribution in [0.25, 0.3) is 0 Å². The van der Waals surface area contributed by atoms with E-state index < -0.39 is 22.4 Å². The van der Waals surface area contributed by atoms with Crippen LogP contribution in [-0.4, -0.2) is 36.0 Å². The van der Waals surface area contributed by atoms with Crippen LogP contribution in [0.3, 0.4) is 0 Å². The second-order valence-corrected chi connectivity index (χ2v) is 24.2. The zero-order valence-corrected chi connectivity index (χ0v) is 28.2. The van der Waals surface area contributed by atoms with Crippen LogP contribution in [0.2, 0.25) is 0 Å². The van der Waals surface area contributed by atoms with Gasteiger partial charge in [-0.15, -0.1) is 0 Å². The van der Waals surface area contributed by atoms with Gasteiger partial charge in [0.15, 0.2) is 0 Å². The molecule has 0 heterocycles. The molecule has 0 spiro atoms. The molecule has 0 aliphatic carbocycles. The molecule has 0 unspecified atom stereocenters. The summed E-state index contributed by atoms with van der Waals surface area (Å²) in [4.78, 5) is 0. The van der Waals surface area contributed by atoms with Crippen molar-refractivity contribution in [1.82, 2.24) is 0 Å². The summed E-state index contributed by atoms with van der Waals surface area (Å²) in [5.74, 6) is 0. The molecule has 0 saturated heterocycles. The van der Waals surface area contributed by atoms with Gasteiger partial charge in [0.05, 0.1) is 36.0 Å². The molecule has 0 amide bonds. The van der Waals surface area contributed by atoms with E-state index in [0.29, 0.717) is 22.6 Å². The largest absolute Gasteiger partial charge is 0.102 e. The molecule has 0 radical (unpaired) electrons. The SMILES string of the molecule is Cc1ccc([P+](C)(C(C)C)C(C)C)c(P(c2ccccc2)c2cc(C)ccc2[P+](C)(C(C)C)C(C)C)c1. The quantitative estimate of drug-likeness (QED) is 0.235. The minimum Gasteiger partial charge on any atom is -0.0622 e. The molecular weight excluding hydrogens is 501 g/mol. The van der Waals surface area contributed by atoms with Gasteiger partial charge in [-0.3, -0.25) is 0 Å². The fourth-order valence-corrected chi connectivity index (χ4v) is 16.7. The molecule has 3 heteroatoms. The van der Waals surface area contributed by atoms with Gasteiger partial charge >= 0.3 is 0 Å². The van der Waals surface area contributed by atoms with Crippen LogP contribution < -0.4 is 26.5 Å². The maximum atomic E-state index is 2.62. The highest BCUT2D eigenvalue weighted by molar-refractivity contribution is 7.90. The lowest BCUT2D eigenvalue weighted by molar-refractivity contribution is 0.999. The minimum absolute atomic E-state index is 0.655. The van der Waals surface area contributed by atoms with Crippen molar-refractivity contribution in [3.63, 3.8) is 0 Å². The zero-order chi connectivity index (χ0) is 27.7. The molecule has 37 heavy (non-hydrogen) atoms. The van der Waals surface area contributed by atoms with Gasteiger partial charge in [-0.05, 0) is 107 Å². The van der Waals surface area contributed by atoms with E-state index in [-0.39, 0.29) is 0 Å². The van der Waals surface area contributed by atoms with Gasteiger partial charge in [-0.2, -0.15) is 0 Å². The summed E-state index contributed by atoms with van der Waals surface area (Å²) >= 11 is 0. The second kappa shape index (κ2) is 12.0. The highest BCUT2D eigenvalue weighted by atomic mass is 31.2. The lowest BCUT2D eigenvalue weighted by Gasteiger charge is -2.37. The third-order valence-electron chi connectivity index (χ3n) is 9.09.